The molecule has 9 nitrogen and oxygen atoms in total. The van der Waals surface area contributed by atoms with Crippen LogP contribution in [0.5, 0.6) is 0 Å². The molecule has 10 heteroatoms. The molecule has 3 heterocycles. The molecule has 0 radical (unpaired) electrons. The van der Waals surface area contributed by atoms with Crippen molar-refractivity contribution in [1.82, 2.24) is 9.55 Å². The van der Waals surface area contributed by atoms with Gasteiger partial charge in [-0.3, -0.25) is 24.5 Å². The number of nitrogens with zero attached hydrogens (tertiary/aromatic N) is 4. The number of hydrogen-bond acceptors (Lipinski definition) is 8. The van der Waals surface area contributed by atoms with Gasteiger partial charge in [0.25, 0.3) is 11.2 Å². The summed E-state index contributed by atoms with van der Waals surface area (Å²) in [6.45, 7) is 1.65. The van der Waals surface area contributed by atoms with Crippen LogP contribution in [0.1, 0.15) is 24.1 Å². The van der Waals surface area contributed by atoms with Crippen molar-refractivity contribution in [1.29, 1.82) is 0 Å². The zero-order chi connectivity index (χ0) is 22.1. The third-order valence-corrected chi connectivity index (χ3v) is 5.79. The Morgan fingerprint density at radius 2 is 2.13 bits per heavy atom. The number of methoxy groups -OCH3 is 1. The van der Waals surface area contributed by atoms with Crippen LogP contribution in [0.3, 0.4) is 0 Å². The average Bonchev–Trinajstić information content (AvgIpc) is 3.07. The fraction of sp³-hybridized carbons (Fsp3) is 0.143. The second kappa shape index (κ2) is 8.07. The Morgan fingerprint density at radius 1 is 1.32 bits per heavy atom. The lowest BCUT2D eigenvalue weighted by molar-refractivity contribution is -0.384. The predicted molar refractivity (Wildman–Crippen MR) is 113 cm³/mol. The maximum absolute atomic E-state index is 13.3. The minimum atomic E-state index is -0.903. The molecule has 0 saturated heterocycles. The molecule has 31 heavy (non-hydrogen) atoms. The van der Waals surface area contributed by atoms with E-state index in [1.165, 1.54) is 41.2 Å². The summed E-state index contributed by atoms with van der Waals surface area (Å²) in [6.07, 6.45) is 4.95. The number of benzene rings is 1. The molecule has 0 fully saturated rings. The molecule has 156 valence electrons. The van der Waals surface area contributed by atoms with Gasteiger partial charge in [0.05, 0.1) is 33.9 Å². The molecule has 1 aliphatic heterocycles. The van der Waals surface area contributed by atoms with Crippen molar-refractivity contribution in [3.05, 3.63) is 101 Å². The summed E-state index contributed by atoms with van der Waals surface area (Å²) in [7, 11) is 1.24. The smallest absolute Gasteiger partial charge is 0.338 e. The van der Waals surface area contributed by atoms with Crippen LogP contribution in [0.2, 0.25) is 0 Å². The van der Waals surface area contributed by atoms with Crippen molar-refractivity contribution in [3.63, 3.8) is 0 Å². The maximum Gasteiger partial charge on any atom is 0.338 e. The number of nitro groups is 1. The quantitative estimate of drug-likeness (QED) is 0.349. The Labute approximate surface area is 179 Å². The van der Waals surface area contributed by atoms with Crippen LogP contribution in [-0.2, 0) is 9.53 Å². The largest absolute Gasteiger partial charge is 0.466 e. The van der Waals surface area contributed by atoms with Crippen molar-refractivity contribution < 1.29 is 14.5 Å². The molecular weight excluding hydrogens is 420 g/mol. The summed E-state index contributed by atoms with van der Waals surface area (Å²) >= 11 is 1.17. The summed E-state index contributed by atoms with van der Waals surface area (Å²) < 4.78 is 6.71. The van der Waals surface area contributed by atoms with E-state index in [2.05, 4.69) is 9.98 Å². The van der Waals surface area contributed by atoms with E-state index in [4.69, 9.17) is 4.74 Å². The van der Waals surface area contributed by atoms with Gasteiger partial charge in [-0.1, -0.05) is 29.5 Å². The molecule has 2 aromatic heterocycles. The summed E-state index contributed by atoms with van der Waals surface area (Å²) in [5, 5.41) is 11.3. The van der Waals surface area contributed by atoms with E-state index in [-0.39, 0.29) is 16.8 Å². The number of pyridine rings is 1. The zero-order valence-corrected chi connectivity index (χ0v) is 17.3. The first kappa shape index (κ1) is 20.4. The monoisotopic (exact) mass is 436 g/mol. The summed E-state index contributed by atoms with van der Waals surface area (Å²) in [6, 6.07) is 8.53. The molecule has 0 bridgehead atoms. The topological polar surface area (TPSA) is 117 Å². The lowest BCUT2D eigenvalue weighted by atomic mass is 9.95. The number of non-ortho nitro benzene ring substituents is 1. The second-order valence-electron chi connectivity index (χ2n) is 6.71. The van der Waals surface area contributed by atoms with E-state index >= 15 is 0 Å². The van der Waals surface area contributed by atoms with Gasteiger partial charge in [0.1, 0.15) is 0 Å². The number of thiazole rings is 1. The Balaban J connectivity index is 2.00. The minimum absolute atomic E-state index is 0.145. The predicted octanol–water partition coefficient (Wildman–Crippen LogP) is 1.71. The first-order valence-electron chi connectivity index (χ1n) is 9.16. The number of rotatable bonds is 4. The van der Waals surface area contributed by atoms with Gasteiger partial charge in [0.2, 0.25) is 0 Å². The van der Waals surface area contributed by atoms with Crippen molar-refractivity contribution in [3.8, 4) is 0 Å². The van der Waals surface area contributed by atoms with Crippen molar-refractivity contribution in [2.45, 2.75) is 13.0 Å². The third kappa shape index (κ3) is 3.68. The summed E-state index contributed by atoms with van der Waals surface area (Å²) in [4.78, 5) is 45.6. The van der Waals surface area contributed by atoms with Crippen LogP contribution in [0, 0.1) is 10.1 Å². The van der Waals surface area contributed by atoms with E-state index in [0.29, 0.717) is 20.6 Å². The second-order valence-corrected chi connectivity index (χ2v) is 7.72. The molecule has 1 aliphatic rings. The van der Waals surface area contributed by atoms with Crippen LogP contribution in [0.25, 0.3) is 6.08 Å². The Hall–Kier alpha value is -3.92. The Bertz CT molecular complexity index is 1410. The number of aromatic nitrogens is 2. The fourth-order valence-corrected chi connectivity index (χ4v) is 4.48. The first-order valence-corrected chi connectivity index (χ1v) is 9.97. The van der Waals surface area contributed by atoms with E-state index < -0.39 is 16.9 Å². The number of carbonyl (C=O) groups is 1. The molecule has 0 N–H and O–H groups in total. The highest BCUT2D eigenvalue weighted by Gasteiger charge is 2.33. The lowest BCUT2D eigenvalue weighted by Crippen LogP contribution is -2.39. The molecule has 0 saturated carbocycles. The van der Waals surface area contributed by atoms with Crippen molar-refractivity contribution >= 4 is 29.1 Å². The standard InChI is InChI=1S/C21H16N4O5S/c1-12-17(20(27)30-2)18(14-6-3-7-15(10-14)25(28)29)24-19(26)16(31-21(24)23-12)9-13-5-4-8-22-11-13/h3-11,18H,1-2H3/b16-9-. The van der Waals surface area contributed by atoms with E-state index in [0.717, 1.165) is 5.56 Å². The molecule has 4 rings (SSSR count). The van der Waals surface area contributed by atoms with Gasteiger partial charge in [-0.25, -0.2) is 9.79 Å². The van der Waals surface area contributed by atoms with Crippen LogP contribution in [-0.4, -0.2) is 27.6 Å². The number of nitro benzene ring substituents is 1. The van der Waals surface area contributed by atoms with Gasteiger partial charge < -0.3 is 4.74 Å². The van der Waals surface area contributed by atoms with Gasteiger partial charge in [-0.2, -0.15) is 0 Å². The molecular formula is C21H16N4O5S. The Kier molecular flexibility index (Phi) is 5.30. The van der Waals surface area contributed by atoms with E-state index in [1.807, 2.05) is 6.07 Å². The molecule has 0 spiro atoms. The van der Waals surface area contributed by atoms with Gasteiger partial charge in [0.15, 0.2) is 4.80 Å². The van der Waals surface area contributed by atoms with Crippen LogP contribution in [0.15, 0.2) is 69.8 Å². The number of esters is 1. The Morgan fingerprint density at radius 3 is 2.81 bits per heavy atom. The third-order valence-electron chi connectivity index (χ3n) is 4.81. The number of ether oxygens (including phenoxy) is 1. The lowest BCUT2D eigenvalue weighted by Gasteiger charge is -2.24. The van der Waals surface area contributed by atoms with Crippen molar-refractivity contribution in [2.75, 3.05) is 7.11 Å². The summed E-state index contributed by atoms with van der Waals surface area (Å²) in [5.41, 5.74) is 1.19. The minimum Gasteiger partial charge on any atom is -0.466 e. The van der Waals surface area contributed by atoms with E-state index in [9.17, 15) is 19.7 Å². The number of hydrogen-bond donors (Lipinski definition) is 0. The molecule has 0 amide bonds. The van der Waals surface area contributed by atoms with Gasteiger partial charge in [0, 0.05) is 24.5 Å². The van der Waals surface area contributed by atoms with E-state index in [1.54, 1.807) is 37.5 Å². The maximum atomic E-state index is 13.3. The number of fused-ring (bicyclic) bond motifs is 1. The zero-order valence-electron chi connectivity index (χ0n) is 16.5. The summed E-state index contributed by atoms with van der Waals surface area (Å²) in [5.74, 6) is -0.653. The molecule has 1 unspecified atom stereocenters. The SMILES string of the molecule is COC(=O)C1=C(C)N=c2s/c(=C\c3cccnc3)c(=O)n2C1c1cccc([N+](=O)[O-])c1. The first-order chi connectivity index (χ1) is 14.9. The van der Waals surface area contributed by atoms with Crippen LogP contribution < -0.4 is 14.9 Å². The van der Waals surface area contributed by atoms with Gasteiger partial charge >= 0.3 is 5.97 Å². The number of allylic oxidation sites excluding steroid dienone is 1. The molecule has 3 aromatic rings. The number of carbonyl (C=O) groups excluding carboxylic acids is 1. The molecule has 1 atom stereocenters. The van der Waals surface area contributed by atoms with Crippen LogP contribution in [0.4, 0.5) is 5.69 Å². The highest BCUT2D eigenvalue weighted by atomic mass is 32.1. The highest BCUT2D eigenvalue weighted by molar-refractivity contribution is 7.07. The molecule has 1 aromatic carbocycles. The highest BCUT2D eigenvalue weighted by Crippen LogP contribution is 2.32. The normalized spacial score (nSPS) is 15.9. The van der Waals surface area contributed by atoms with Gasteiger partial charge in [-0.05, 0) is 30.2 Å². The average molecular weight is 436 g/mol. The fourth-order valence-electron chi connectivity index (χ4n) is 3.43. The van der Waals surface area contributed by atoms with Gasteiger partial charge in [-0.15, -0.1) is 0 Å². The van der Waals surface area contributed by atoms with Crippen molar-refractivity contribution in [2.24, 2.45) is 4.99 Å². The van der Waals surface area contributed by atoms with Crippen LogP contribution >= 0.6 is 11.3 Å². The molecule has 0 aliphatic carbocycles.